The molecule has 0 bridgehead atoms. The van der Waals surface area contributed by atoms with Crippen LogP contribution in [0.4, 0.5) is 10.1 Å². The molecule has 0 saturated heterocycles. The molecule has 2 aromatic carbocycles. The largest absolute Gasteiger partial charge is 0.306 e. The Balaban J connectivity index is 1.92. The predicted octanol–water partition coefficient (Wildman–Crippen LogP) is 2.82. The van der Waals surface area contributed by atoms with Crippen molar-refractivity contribution in [2.45, 2.75) is 10.6 Å². The molecule has 0 fully saturated rings. The molecule has 0 atom stereocenters. The van der Waals surface area contributed by atoms with E-state index in [1.165, 1.54) is 11.8 Å². The first-order valence-electron chi connectivity index (χ1n) is 7.34. The highest BCUT2D eigenvalue weighted by molar-refractivity contribution is 7.98. The normalized spacial score (nSPS) is 11.1. The second kappa shape index (κ2) is 8.75. The lowest BCUT2D eigenvalue weighted by Gasteiger charge is -2.07. The number of benzene rings is 2. The highest BCUT2D eigenvalue weighted by atomic mass is 32.2. The molecule has 2 rings (SSSR count). The van der Waals surface area contributed by atoms with Crippen molar-refractivity contribution < 1.29 is 17.7 Å². The van der Waals surface area contributed by atoms with Gasteiger partial charge in [0, 0.05) is 24.1 Å². The van der Waals surface area contributed by atoms with Crippen LogP contribution < -0.4 is 4.72 Å². The van der Waals surface area contributed by atoms with Crippen molar-refractivity contribution in [2.75, 3.05) is 12.3 Å². The SMILES string of the molecule is N#Cc1ccccc1CSCCNS(=O)(=O)c1ccc(F)c([N+](=O)[O-])c1. The van der Waals surface area contributed by atoms with Gasteiger partial charge in [-0.2, -0.15) is 21.4 Å². The lowest BCUT2D eigenvalue weighted by atomic mass is 10.1. The van der Waals surface area contributed by atoms with E-state index in [0.29, 0.717) is 23.1 Å². The number of nitrogens with one attached hydrogen (secondary N) is 1. The molecule has 0 aliphatic carbocycles. The zero-order valence-electron chi connectivity index (χ0n) is 13.4. The van der Waals surface area contributed by atoms with Crippen molar-refractivity contribution in [3.63, 3.8) is 0 Å². The fourth-order valence-electron chi connectivity index (χ4n) is 2.07. The monoisotopic (exact) mass is 395 g/mol. The van der Waals surface area contributed by atoms with Crippen LogP contribution in [0.15, 0.2) is 47.4 Å². The summed E-state index contributed by atoms with van der Waals surface area (Å²) < 4.78 is 39.9. The second-order valence-corrected chi connectivity index (χ2v) is 7.96. The first-order chi connectivity index (χ1) is 12.3. The summed E-state index contributed by atoms with van der Waals surface area (Å²) in [6.07, 6.45) is 0. The molecule has 2 aromatic rings. The number of halogens is 1. The van der Waals surface area contributed by atoms with E-state index in [4.69, 9.17) is 5.26 Å². The fraction of sp³-hybridized carbons (Fsp3) is 0.188. The first kappa shape index (κ1) is 19.8. The number of sulfonamides is 1. The van der Waals surface area contributed by atoms with Gasteiger partial charge in [0.15, 0.2) is 0 Å². The molecule has 0 aromatic heterocycles. The van der Waals surface area contributed by atoms with Gasteiger partial charge in [-0.25, -0.2) is 13.1 Å². The number of hydrogen-bond donors (Lipinski definition) is 1. The van der Waals surface area contributed by atoms with Gasteiger partial charge in [-0.3, -0.25) is 10.1 Å². The summed E-state index contributed by atoms with van der Waals surface area (Å²) in [5.74, 6) is -0.115. The summed E-state index contributed by atoms with van der Waals surface area (Å²) in [5, 5.41) is 19.7. The van der Waals surface area contributed by atoms with E-state index < -0.39 is 26.5 Å². The van der Waals surface area contributed by atoms with Crippen molar-refractivity contribution in [2.24, 2.45) is 0 Å². The molecular formula is C16H14FN3O4S2. The standard InChI is InChI=1S/C16H14FN3O4S2/c17-15-6-5-14(9-16(15)20(21)22)26(23,24)19-7-8-25-11-13-4-2-1-3-12(13)10-18/h1-6,9,19H,7-8,11H2. The van der Waals surface area contributed by atoms with Crippen LogP contribution in [-0.2, 0) is 15.8 Å². The van der Waals surface area contributed by atoms with E-state index >= 15 is 0 Å². The summed E-state index contributed by atoms with van der Waals surface area (Å²) in [6.45, 7) is 0.0902. The molecular weight excluding hydrogens is 381 g/mol. The van der Waals surface area contributed by atoms with E-state index in [9.17, 15) is 22.9 Å². The van der Waals surface area contributed by atoms with Crippen molar-refractivity contribution in [1.29, 1.82) is 5.26 Å². The van der Waals surface area contributed by atoms with E-state index in [0.717, 1.165) is 17.7 Å². The molecule has 0 aliphatic rings. The van der Waals surface area contributed by atoms with Gasteiger partial charge in [-0.1, -0.05) is 18.2 Å². The lowest BCUT2D eigenvalue weighted by molar-refractivity contribution is -0.387. The highest BCUT2D eigenvalue weighted by Gasteiger charge is 2.21. The Morgan fingerprint density at radius 3 is 2.69 bits per heavy atom. The molecule has 0 radical (unpaired) electrons. The minimum Gasteiger partial charge on any atom is -0.258 e. The quantitative estimate of drug-likeness (QED) is 0.418. The number of hydrogen-bond acceptors (Lipinski definition) is 6. The Bertz CT molecular complexity index is 958. The zero-order chi connectivity index (χ0) is 19.2. The van der Waals surface area contributed by atoms with Crippen LogP contribution in [0.5, 0.6) is 0 Å². The zero-order valence-corrected chi connectivity index (χ0v) is 15.0. The third-order valence-corrected chi connectivity index (χ3v) is 5.83. The number of thioether (sulfide) groups is 1. The van der Waals surface area contributed by atoms with Gasteiger partial charge in [0.25, 0.3) is 0 Å². The number of nitro groups is 1. The van der Waals surface area contributed by atoms with Gasteiger partial charge < -0.3 is 0 Å². The summed E-state index contributed by atoms with van der Waals surface area (Å²) >= 11 is 1.44. The fourth-order valence-corrected chi connectivity index (χ4v) is 4.11. The number of nitriles is 1. The van der Waals surface area contributed by atoms with E-state index in [2.05, 4.69) is 10.8 Å². The van der Waals surface area contributed by atoms with Crippen LogP contribution in [-0.4, -0.2) is 25.6 Å². The van der Waals surface area contributed by atoms with Gasteiger partial charge >= 0.3 is 5.69 Å². The molecule has 0 amide bonds. The Morgan fingerprint density at radius 2 is 2.00 bits per heavy atom. The molecule has 10 heteroatoms. The van der Waals surface area contributed by atoms with Crippen LogP contribution in [0.2, 0.25) is 0 Å². The Morgan fingerprint density at radius 1 is 1.27 bits per heavy atom. The van der Waals surface area contributed by atoms with Crippen LogP contribution in [0, 0.1) is 27.3 Å². The van der Waals surface area contributed by atoms with Crippen LogP contribution in [0.1, 0.15) is 11.1 Å². The van der Waals surface area contributed by atoms with Crippen molar-refractivity contribution in [3.05, 3.63) is 69.5 Å². The third kappa shape index (κ3) is 5.01. The molecule has 26 heavy (non-hydrogen) atoms. The van der Waals surface area contributed by atoms with Gasteiger partial charge in [-0.05, 0) is 23.8 Å². The van der Waals surface area contributed by atoms with Crippen LogP contribution >= 0.6 is 11.8 Å². The van der Waals surface area contributed by atoms with Crippen molar-refractivity contribution in [1.82, 2.24) is 4.72 Å². The summed E-state index contributed by atoms with van der Waals surface area (Å²) in [5.41, 5.74) is 0.534. The minimum absolute atomic E-state index is 0.0902. The third-order valence-electron chi connectivity index (χ3n) is 3.36. The highest BCUT2D eigenvalue weighted by Crippen LogP contribution is 2.21. The average molecular weight is 395 g/mol. The smallest absolute Gasteiger partial charge is 0.258 e. The van der Waals surface area contributed by atoms with Crippen molar-refractivity contribution >= 4 is 27.5 Å². The second-order valence-electron chi connectivity index (χ2n) is 5.09. The molecule has 136 valence electrons. The average Bonchev–Trinajstić information content (AvgIpc) is 2.61. The predicted molar refractivity (Wildman–Crippen MR) is 95.6 cm³/mol. The van der Waals surface area contributed by atoms with Gasteiger partial charge in [0.1, 0.15) is 0 Å². The molecule has 0 saturated carbocycles. The molecule has 0 heterocycles. The van der Waals surface area contributed by atoms with E-state index in [1.807, 2.05) is 12.1 Å². The van der Waals surface area contributed by atoms with Crippen LogP contribution in [0.25, 0.3) is 0 Å². The van der Waals surface area contributed by atoms with Crippen LogP contribution in [0.3, 0.4) is 0 Å². The minimum atomic E-state index is -3.98. The van der Waals surface area contributed by atoms with Gasteiger partial charge in [0.2, 0.25) is 15.8 Å². The number of nitrogens with zero attached hydrogens (tertiary/aromatic N) is 2. The Hall–Kier alpha value is -2.48. The summed E-state index contributed by atoms with van der Waals surface area (Å²) in [6, 6.07) is 11.6. The van der Waals surface area contributed by atoms with E-state index in [-0.39, 0.29) is 11.4 Å². The topological polar surface area (TPSA) is 113 Å². The summed E-state index contributed by atoms with van der Waals surface area (Å²) in [4.78, 5) is 9.37. The first-order valence-corrected chi connectivity index (χ1v) is 9.98. The Kier molecular flexibility index (Phi) is 6.68. The van der Waals surface area contributed by atoms with Gasteiger partial charge in [0.05, 0.1) is 21.5 Å². The molecule has 0 unspecified atom stereocenters. The van der Waals surface area contributed by atoms with Gasteiger partial charge in [-0.15, -0.1) is 0 Å². The maximum atomic E-state index is 13.3. The Labute approximate surface area is 154 Å². The number of rotatable bonds is 8. The molecule has 1 N–H and O–H groups in total. The van der Waals surface area contributed by atoms with Crippen molar-refractivity contribution in [3.8, 4) is 6.07 Å². The molecule has 0 aliphatic heterocycles. The maximum absolute atomic E-state index is 13.3. The number of nitro benzene ring substituents is 1. The van der Waals surface area contributed by atoms with E-state index in [1.54, 1.807) is 12.1 Å². The molecule has 0 spiro atoms. The summed E-state index contributed by atoms with van der Waals surface area (Å²) in [7, 11) is -3.98. The molecule has 7 nitrogen and oxygen atoms in total. The maximum Gasteiger partial charge on any atom is 0.306 e. The lowest BCUT2D eigenvalue weighted by Crippen LogP contribution is -2.26.